The van der Waals surface area contributed by atoms with Crippen LogP contribution in [0.2, 0.25) is 0 Å². The molecule has 0 saturated carbocycles. The Morgan fingerprint density at radius 1 is 1.12 bits per heavy atom. The molecule has 2 amide bonds. The molecule has 88 valence electrons. The maximum absolute atomic E-state index is 11.9. The molecule has 0 spiro atoms. The summed E-state index contributed by atoms with van der Waals surface area (Å²) in [6.07, 6.45) is 0. The van der Waals surface area contributed by atoms with Crippen molar-refractivity contribution in [2.45, 2.75) is 6.92 Å². The Kier molecular flexibility index (Phi) is 3.80. The second-order valence-electron chi connectivity index (χ2n) is 3.17. The Bertz CT molecular complexity index is 468. The van der Waals surface area contributed by atoms with Gasteiger partial charge in [-0.1, -0.05) is 12.1 Å². The van der Waals surface area contributed by atoms with E-state index in [9.17, 15) is 14.4 Å². The number of nitrogens with zero attached hydrogens (tertiary/aromatic N) is 1. The van der Waals surface area contributed by atoms with E-state index in [4.69, 9.17) is 0 Å². The van der Waals surface area contributed by atoms with Gasteiger partial charge in [-0.15, -0.1) is 0 Å². The fourth-order valence-electron chi connectivity index (χ4n) is 1.33. The second kappa shape index (κ2) is 5.16. The monoisotopic (exact) mass is 285 g/mol. The zero-order chi connectivity index (χ0) is 12.4. The van der Waals surface area contributed by atoms with Crippen LogP contribution in [0.4, 0.5) is 0 Å². The zero-order valence-corrected chi connectivity index (χ0v) is 11.2. The molecule has 1 aliphatic rings. The van der Waals surface area contributed by atoms with Gasteiger partial charge in [0.15, 0.2) is 5.12 Å². The smallest absolute Gasteiger partial charge is 0.272 e. The van der Waals surface area contributed by atoms with Gasteiger partial charge in [-0.3, -0.25) is 14.4 Å². The first-order valence-electron chi connectivity index (χ1n) is 4.61. The number of carbonyl (C=O) groups is 3. The average molecular weight is 285 g/mol. The zero-order valence-electron chi connectivity index (χ0n) is 8.71. The molecule has 1 heterocycles. The SMILES string of the molecule is CC(=O)SSSN1C(=O)c2ccccc2C1=O. The largest absolute Gasteiger partial charge is 0.287 e. The number of imide groups is 1. The molecule has 2 rings (SSSR count). The van der Waals surface area contributed by atoms with Crippen molar-refractivity contribution in [2.75, 3.05) is 0 Å². The van der Waals surface area contributed by atoms with Crippen LogP contribution in [0.1, 0.15) is 27.6 Å². The molecule has 0 unspecified atom stereocenters. The molecule has 4 nitrogen and oxygen atoms in total. The maximum atomic E-state index is 11.9. The van der Waals surface area contributed by atoms with Crippen LogP contribution in [-0.4, -0.2) is 21.2 Å². The van der Waals surface area contributed by atoms with E-state index in [2.05, 4.69) is 0 Å². The normalized spacial score (nSPS) is 14.1. The van der Waals surface area contributed by atoms with E-state index in [-0.39, 0.29) is 16.9 Å². The Hall–Kier alpha value is -0.920. The van der Waals surface area contributed by atoms with Crippen molar-refractivity contribution in [2.24, 2.45) is 0 Å². The summed E-state index contributed by atoms with van der Waals surface area (Å²) in [4.78, 5) is 34.5. The van der Waals surface area contributed by atoms with Gasteiger partial charge in [0.25, 0.3) is 11.8 Å². The van der Waals surface area contributed by atoms with Crippen molar-refractivity contribution in [1.82, 2.24) is 4.31 Å². The van der Waals surface area contributed by atoms with Gasteiger partial charge >= 0.3 is 0 Å². The Morgan fingerprint density at radius 3 is 2.12 bits per heavy atom. The van der Waals surface area contributed by atoms with Gasteiger partial charge in [-0.2, -0.15) is 0 Å². The minimum absolute atomic E-state index is 0.0703. The van der Waals surface area contributed by atoms with Crippen molar-refractivity contribution in [3.8, 4) is 0 Å². The predicted octanol–water partition coefficient (Wildman–Crippen LogP) is 2.77. The summed E-state index contributed by atoms with van der Waals surface area (Å²) in [6.45, 7) is 1.43. The van der Waals surface area contributed by atoms with E-state index in [1.807, 2.05) is 0 Å². The number of hydrogen-bond acceptors (Lipinski definition) is 6. The topological polar surface area (TPSA) is 54.5 Å². The third-order valence-electron chi connectivity index (χ3n) is 2.01. The molecule has 1 aromatic carbocycles. The summed E-state index contributed by atoms with van der Waals surface area (Å²) >= 11 is 0. The highest BCUT2D eigenvalue weighted by atomic mass is 33.5. The number of hydrogen-bond donors (Lipinski definition) is 0. The molecule has 0 radical (unpaired) electrons. The van der Waals surface area contributed by atoms with E-state index < -0.39 is 0 Å². The highest BCUT2D eigenvalue weighted by molar-refractivity contribution is 9.11. The molecular weight excluding hydrogens is 278 g/mol. The van der Waals surface area contributed by atoms with Gasteiger partial charge in [-0.25, -0.2) is 4.31 Å². The Balaban J connectivity index is 2.11. The molecule has 0 bridgehead atoms. The van der Waals surface area contributed by atoms with E-state index in [0.29, 0.717) is 11.1 Å². The lowest BCUT2D eigenvalue weighted by atomic mass is 10.1. The lowest BCUT2D eigenvalue weighted by molar-refractivity contribution is -0.109. The number of amides is 2. The van der Waals surface area contributed by atoms with Gasteiger partial charge in [0.1, 0.15) is 0 Å². The molecule has 0 N–H and O–H groups in total. The van der Waals surface area contributed by atoms with Crippen LogP contribution in [0, 0.1) is 0 Å². The van der Waals surface area contributed by atoms with Crippen LogP contribution in [0.5, 0.6) is 0 Å². The van der Waals surface area contributed by atoms with E-state index in [0.717, 1.165) is 35.9 Å². The molecule has 17 heavy (non-hydrogen) atoms. The van der Waals surface area contributed by atoms with Crippen molar-refractivity contribution < 1.29 is 14.4 Å². The highest BCUT2D eigenvalue weighted by Gasteiger charge is 2.36. The summed E-state index contributed by atoms with van der Waals surface area (Å²) in [5.74, 6) is -0.653. The molecule has 0 saturated heterocycles. The molecule has 1 aliphatic heterocycles. The minimum Gasteiger partial charge on any atom is -0.287 e. The number of carbonyl (C=O) groups excluding carboxylic acids is 3. The summed E-state index contributed by atoms with van der Waals surface area (Å²) in [5, 5.41) is -0.0703. The quantitative estimate of drug-likeness (QED) is 0.483. The van der Waals surface area contributed by atoms with Crippen LogP contribution < -0.4 is 0 Å². The van der Waals surface area contributed by atoms with Crippen LogP contribution in [0.25, 0.3) is 0 Å². The first-order valence-corrected chi connectivity index (χ1v) is 8.05. The number of fused-ring (bicyclic) bond motifs is 1. The summed E-state index contributed by atoms with van der Waals surface area (Å²) in [7, 11) is 3.08. The lowest BCUT2D eigenvalue weighted by Crippen LogP contribution is -2.20. The van der Waals surface area contributed by atoms with Crippen LogP contribution >= 0.6 is 31.6 Å². The van der Waals surface area contributed by atoms with Gasteiger partial charge in [0, 0.05) is 27.7 Å². The van der Waals surface area contributed by atoms with Crippen LogP contribution in [0.3, 0.4) is 0 Å². The molecule has 0 atom stereocenters. The van der Waals surface area contributed by atoms with Crippen molar-refractivity contribution in [3.63, 3.8) is 0 Å². The number of rotatable bonds is 3. The number of benzene rings is 1. The van der Waals surface area contributed by atoms with Gasteiger partial charge in [0.2, 0.25) is 0 Å². The fraction of sp³-hybridized carbons (Fsp3) is 0.100. The Morgan fingerprint density at radius 2 is 1.65 bits per heavy atom. The van der Waals surface area contributed by atoms with Gasteiger partial charge < -0.3 is 0 Å². The van der Waals surface area contributed by atoms with Gasteiger partial charge in [-0.05, 0) is 22.9 Å². The molecule has 0 fully saturated rings. The van der Waals surface area contributed by atoms with E-state index in [1.165, 1.54) is 6.92 Å². The Labute approximate surface area is 109 Å². The molecular formula is C10H7NO3S3. The molecule has 0 aliphatic carbocycles. The third kappa shape index (κ3) is 2.51. The van der Waals surface area contributed by atoms with Gasteiger partial charge in [0.05, 0.1) is 11.1 Å². The second-order valence-corrected chi connectivity index (χ2v) is 7.14. The third-order valence-corrected chi connectivity index (χ3v) is 5.56. The summed E-state index contributed by atoms with van der Waals surface area (Å²) in [6, 6.07) is 6.68. The first-order chi connectivity index (χ1) is 8.11. The fourth-order valence-corrected chi connectivity index (χ4v) is 4.50. The average Bonchev–Trinajstić information content (AvgIpc) is 2.54. The van der Waals surface area contributed by atoms with E-state index in [1.54, 1.807) is 24.3 Å². The van der Waals surface area contributed by atoms with Crippen LogP contribution in [-0.2, 0) is 4.79 Å². The van der Waals surface area contributed by atoms with Crippen molar-refractivity contribution in [3.05, 3.63) is 35.4 Å². The molecule has 1 aromatic rings. The molecule has 7 heteroatoms. The van der Waals surface area contributed by atoms with Crippen molar-refractivity contribution >= 4 is 48.5 Å². The first kappa shape index (κ1) is 12.5. The highest BCUT2D eigenvalue weighted by Crippen LogP contribution is 2.41. The van der Waals surface area contributed by atoms with Crippen molar-refractivity contribution in [1.29, 1.82) is 0 Å². The summed E-state index contributed by atoms with van der Waals surface area (Å²) in [5.41, 5.74) is 0.830. The summed E-state index contributed by atoms with van der Waals surface area (Å²) < 4.78 is 1.07. The van der Waals surface area contributed by atoms with Crippen LogP contribution in [0.15, 0.2) is 24.3 Å². The standard InChI is InChI=1S/C10H7NO3S3/c1-6(12)15-17-16-11-9(13)7-4-2-3-5-8(7)10(11)14/h2-5H,1H3. The molecule has 0 aromatic heterocycles. The lowest BCUT2D eigenvalue weighted by Gasteiger charge is -2.09. The maximum Gasteiger partial charge on any atom is 0.272 e. The minimum atomic E-state index is -0.327. The van der Waals surface area contributed by atoms with E-state index >= 15 is 0 Å². The predicted molar refractivity (Wildman–Crippen MR) is 70.4 cm³/mol.